The van der Waals surface area contributed by atoms with E-state index in [0.29, 0.717) is 16.6 Å². The van der Waals surface area contributed by atoms with E-state index in [1.165, 1.54) is 6.07 Å². The largest absolute Gasteiger partial charge is 0.396 e. The van der Waals surface area contributed by atoms with E-state index in [0.717, 1.165) is 17.1 Å². The van der Waals surface area contributed by atoms with E-state index in [1.54, 1.807) is 19.1 Å². The number of aryl methyl sites for hydroxylation is 1. The maximum absolute atomic E-state index is 13.3. The van der Waals surface area contributed by atoms with Gasteiger partial charge in [-0.2, -0.15) is 0 Å². The number of hydrogen-bond donors (Lipinski definition) is 1. The molecule has 1 heterocycles. The lowest BCUT2D eigenvalue weighted by atomic mass is 10.1. The first-order chi connectivity index (χ1) is 8.54. The lowest BCUT2D eigenvalue weighted by Gasteiger charge is -2.07. The molecular weight excluding hydrogens is 299 g/mol. The number of aromatic nitrogens is 2. The summed E-state index contributed by atoms with van der Waals surface area (Å²) >= 11 is 3.41. The molecule has 0 atom stereocenters. The van der Waals surface area contributed by atoms with Gasteiger partial charge in [-0.3, -0.25) is 0 Å². The fourth-order valence-electron chi connectivity index (χ4n) is 1.94. The Balaban J connectivity index is 2.53. The molecular formula is C13H14BrFN2O. The van der Waals surface area contributed by atoms with Crippen LogP contribution in [0.2, 0.25) is 0 Å². The van der Waals surface area contributed by atoms with E-state index in [1.807, 2.05) is 11.6 Å². The summed E-state index contributed by atoms with van der Waals surface area (Å²) in [5, 5.41) is 8.98. The quantitative estimate of drug-likeness (QED) is 0.946. The molecule has 0 spiro atoms. The third-order valence-corrected chi connectivity index (χ3v) is 3.46. The molecule has 0 fully saturated rings. The van der Waals surface area contributed by atoms with Gasteiger partial charge in [-0.25, -0.2) is 9.37 Å². The molecule has 18 heavy (non-hydrogen) atoms. The highest BCUT2D eigenvalue weighted by Gasteiger charge is 2.14. The highest BCUT2D eigenvalue weighted by molar-refractivity contribution is 9.10. The molecule has 1 aromatic carbocycles. The van der Waals surface area contributed by atoms with Crippen molar-refractivity contribution in [3.63, 3.8) is 0 Å². The molecule has 0 saturated heterocycles. The normalized spacial score (nSPS) is 10.9. The van der Waals surface area contributed by atoms with Gasteiger partial charge >= 0.3 is 0 Å². The Morgan fingerprint density at radius 3 is 2.78 bits per heavy atom. The molecule has 1 aromatic heterocycles. The van der Waals surface area contributed by atoms with Crippen LogP contribution in [0.4, 0.5) is 4.39 Å². The van der Waals surface area contributed by atoms with E-state index in [9.17, 15) is 4.39 Å². The van der Waals surface area contributed by atoms with Crippen LogP contribution in [0.15, 0.2) is 22.8 Å². The van der Waals surface area contributed by atoms with Crippen molar-refractivity contribution in [3.8, 4) is 11.3 Å². The molecule has 0 unspecified atom stereocenters. The van der Waals surface area contributed by atoms with Crippen molar-refractivity contribution in [2.75, 3.05) is 6.61 Å². The second-order valence-electron chi connectivity index (χ2n) is 4.16. The lowest BCUT2D eigenvalue weighted by Crippen LogP contribution is -2.02. The van der Waals surface area contributed by atoms with E-state index in [-0.39, 0.29) is 12.4 Å². The Kier molecular flexibility index (Phi) is 3.82. The maximum atomic E-state index is 13.3. The van der Waals surface area contributed by atoms with Gasteiger partial charge in [-0.15, -0.1) is 0 Å². The zero-order valence-electron chi connectivity index (χ0n) is 10.2. The molecule has 0 saturated carbocycles. The number of halogens is 2. The van der Waals surface area contributed by atoms with Crippen LogP contribution in [0.5, 0.6) is 0 Å². The van der Waals surface area contributed by atoms with Crippen LogP contribution >= 0.6 is 15.9 Å². The van der Waals surface area contributed by atoms with Gasteiger partial charge in [-0.05, 0) is 46.6 Å². The number of rotatable bonds is 3. The first-order valence-electron chi connectivity index (χ1n) is 5.63. The molecule has 1 N–H and O–H groups in total. The van der Waals surface area contributed by atoms with Gasteiger partial charge in [0.25, 0.3) is 0 Å². The van der Waals surface area contributed by atoms with E-state index in [2.05, 4.69) is 20.9 Å². The summed E-state index contributed by atoms with van der Waals surface area (Å²) in [6.07, 6.45) is 0.495. The molecule has 0 radical (unpaired) electrons. The van der Waals surface area contributed by atoms with Crippen molar-refractivity contribution >= 4 is 15.9 Å². The van der Waals surface area contributed by atoms with Crippen molar-refractivity contribution in [2.24, 2.45) is 7.05 Å². The predicted octanol–water partition coefficient (Wildman–Crippen LogP) is 2.83. The minimum Gasteiger partial charge on any atom is -0.396 e. The molecule has 0 bridgehead atoms. The maximum Gasteiger partial charge on any atom is 0.132 e. The monoisotopic (exact) mass is 312 g/mol. The van der Waals surface area contributed by atoms with Crippen LogP contribution in [0.1, 0.15) is 11.4 Å². The van der Waals surface area contributed by atoms with E-state index in [4.69, 9.17) is 5.11 Å². The van der Waals surface area contributed by atoms with Crippen molar-refractivity contribution < 1.29 is 9.50 Å². The summed E-state index contributed by atoms with van der Waals surface area (Å²) in [6.45, 7) is 1.79. The number of aliphatic hydroxyl groups excluding tert-OH is 1. The topological polar surface area (TPSA) is 38.1 Å². The molecule has 5 heteroatoms. The number of nitrogens with zero attached hydrogens (tertiary/aromatic N) is 2. The first kappa shape index (κ1) is 13.2. The lowest BCUT2D eigenvalue weighted by molar-refractivity contribution is 0.295. The van der Waals surface area contributed by atoms with Crippen LogP contribution < -0.4 is 0 Å². The molecule has 0 amide bonds. The second-order valence-corrected chi connectivity index (χ2v) is 4.92. The zero-order valence-corrected chi connectivity index (χ0v) is 11.8. The summed E-state index contributed by atoms with van der Waals surface area (Å²) in [5.41, 5.74) is 2.39. The van der Waals surface area contributed by atoms with E-state index < -0.39 is 0 Å². The van der Waals surface area contributed by atoms with Gasteiger partial charge in [0, 0.05) is 19.0 Å². The van der Waals surface area contributed by atoms with E-state index >= 15 is 0 Å². The van der Waals surface area contributed by atoms with Gasteiger partial charge in [0.2, 0.25) is 0 Å². The summed E-state index contributed by atoms with van der Waals surface area (Å²) in [4.78, 5) is 4.35. The Hall–Kier alpha value is -1.20. The Bertz CT molecular complexity index is 581. The second kappa shape index (κ2) is 5.20. The molecule has 0 aliphatic rings. The number of benzene rings is 1. The van der Waals surface area contributed by atoms with Gasteiger partial charge < -0.3 is 9.67 Å². The summed E-state index contributed by atoms with van der Waals surface area (Å²) < 4.78 is 15.9. The fraction of sp³-hybridized carbons (Fsp3) is 0.308. The van der Waals surface area contributed by atoms with Crippen LogP contribution in [-0.4, -0.2) is 21.3 Å². The molecule has 2 rings (SSSR count). The molecule has 2 aromatic rings. The van der Waals surface area contributed by atoms with Crippen molar-refractivity contribution in [3.05, 3.63) is 40.0 Å². The van der Waals surface area contributed by atoms with Crippen LogP contribution in [-0.2, 0) is 13.5 Å². The minimum absolute atomic E-state index is 0.0547. The van der Waals surface area contributed by atoms with Crippen molar-refractivity contribution in [1.29, 1.82) is 0 Å². The smallest absolute Gasteiger partial charge is 0.132 e. The third kappa shape index (κ3) is 2.33. The first-order valence-corrected chi connectivity index (χ1v) is 6.42. The van der Waals surface area contributed by atoms with Gasteiger partial charge in [-0.1, -0.05) is 0 Å². The third-order valence-electron chi connectivity index (χ3n) is 2.91. The SMILES string of the molecule is Cc1cc(-c2c(Br)nc(CCO)n2C)ccc1F. The minimum atomic E-state index is -0.215. The average Bonchev–Trinajstić information content (AvgIpc) is 2.59. The summed E-state index contributed by atoms with van der Waals surface area (Å²) in [7, 11) is 1.89. The van der Waals surface area contributed by atoms with Crippen LogP contribution in [0, 0.1) is 12.7 Å². The summed E-state index contributed by atoms with van der Waals surface area (Å²) in [5.74, 6) is 0.578. The molecule has 3 nitrogen and oxygen atoms in total. The van der Waals surface area contributed by atoms with Gasteiger partial charge in [0.05, 0.1) is 12.3 Å². The number of aliphatic hydroxyl groups is 1. The summed E-state index contributed by atoms with van der Waals surface area (Å²) in [6, 6.07) is 4.97. The standard InChI is InChI=1S/C13H14BrFN2O/c1-8-7-9(3-4-10(8)15)12-13(14)16-11(5-6-18)17(12)2/h3-4,7,18H,5-6H2,1-2H3. The van der Waals surface area contributed by atoms with Crippen molar-refractivity contribution in [1.82, 2.24) is 9.55 Å². The number of hydrogen-bond acceptors (Lipinski definition) is 2. The predicted molar refractivity (Wildman–Crippen MR) is 71.8 cm³/mol. The highest BCUT2D eigenvalue weighted by atomic mass is 79.9. The highest BCUT2D eigenvalue weighted by Crippen LogP contribution is 2.29. The molecule has 0 aliphatic carbocycles. The fourth-order valence-corrected chi connectivity index (χ4v) is 2.64. The van der Waals surface area contributed by atoms with Gasteiger partial charge in [0.1, 0.15) is 16.2 Å². The number of imidazole rings is 1. The Morgan fingerprint density at radius 1 is 1.44 bits per heavy atom. The molecule has 96 valence electrons. The zero-order chi connectivity index (χ0) is 13.3. The molecule has 0 aliphatic heterocycles. The Morgan fingerprint density at radius 2 is 2.17 bits per heavy atom. The van der Waals surface area contributed by atoms with Crippen molar-refractivity contribution in [2.45, 2.75) is 13.3 Å². The van der Waals surface area contributed by atoms with Crippen LogP contribution in [0.3, 0.4) is 0 Å². The van der Waals surface area contributed by atoms with Gasteiger partial charge in [0.15, 0.2) is 0 Å². The average molecular weight is 313 g/mol. The Labute approximate surface area is 113 Å². The van der Waals surface area contributed by atoms with Crippen LogP contribution in [0.25, 0.3) is 11.3 Å².